The smallest absolute Gasteiger partial charge is 0.412 e. The van der Waals surface area contributed by atoms with Crippen LogP contribution in [0.4, 0.5) is 16.2 Å². The van der Waals surface area contributed by atoms with Gasteiger partial charge in [0.25, 0.3) is 0 Å². The maximum absolute atomic E-state index is 11.8. The fourth-order valence-corrected chi connectivity index (χ4v) is 2.47. The molecule has 1 aromatic rings. The van der Waals surface area contributed by atoms with Crippen LogP contribution in [0.15, 0.2) is 24.3 Å². The van der Waals surface area contributed by atoms with Crippen molar-refractivity contribution in [2.24, 2.45) is 0 Å². The zero-order chi connectivity index (χ0) is 16.0. The highest BCUT2D eigenvalue weighted by Crippen LogP contribution is 2.17. The minimum Gasteiger partial charge on any atom is -0.444 e. The predicted octanol–water partition coefficient (Wildman–Crippen LogP) is 3.59. The van der Waals surface area contributed by atoms with Crippen LogP contribution in [-0.4, -0.2) is 30.8 Å². The summed E-state index contributed by atoms with van der Waals surface area (Å²) in [4.78, 5) is 11.8. The molecule has 0 spiro atoms. The molecule has 1 fully saturated rings. The molecule has 5 heteroatoms. The van der Waals surface area contributed by atoms with Crippen molar-refractivity contribution >= 4 is 17.5 Å². The summed E-state index contributed by atoms with van der Waals surface area (Å²) in [5.41, 5.74) is 1.24. The Morgan fingerprint density at radius 3 is 2.77 bits per heavy atom. The molecular formula is C17H27N3O2. The van der Waals surface area contributed by atoms with Crippen molar-refractivity contribution in [3.63, 3.8) is 0 Å². The number of piperidine rings is 1. The molecule has 0 radical (unpaired) electrons. The highest BCUT2D eigenvalue weighted by Gasteiger charge is 2.16. The molecule has 1 amide bonds. The molecule has 0 saturated carbocycles. The summed E-state index contributed by atoms with van der Waals surface area (Å²) in [6, 6.07) is 8.23. The van der Waals surface area contributed by atoms with Gasteiger partial charge >= 0.3 is 6.09 Å². The second-order valence-corrected chi connectivity index (χ2v) is 6.74. The van der Waals surface area contributed by atoms with Crippen LogP contribution in [0.1, 0.15) is 40.0 Å². The molecule has 2 rings (SSSR count). The lowest BCUT2D eigenvalue weighted by molar-refractivity contribution is 0.0636. The molecule has 122 valence electrons. The van der Waals surface area contributed by atoms with Crippen LogP contribution < -0.4 is 16.0 Å². The molecule has 22 heavy (non-hydrogen) atoms. The number of rotatable bonds is 4. The molecule has 1 aromatic carbocycles. The average molecular weight is 305 g/mol. The van der Waals surface area contributed by atoms with E-state index in [1.165, 1.54) is 19.3 Å². The Morgan fingerprint density at radius 1 is 1.32 bits per heavy atom. The van der Waals surface area contributed by atoms with Crippen molar-refractivity contribution in [3.8, 4) is 0 Å². The quantitative estimate of drug-likeness (QED) is 0.795. The van der Waals surface area contributed by atoms with Crippen LogP contribution in [-0.2, 0) is 4.74 Å². The number of anilines is 2. The maximum atomic E-state index is 11.8. The van der Waals surface area contributed by atoms with Crippen molar-refractivity contribution in [1.29, 1.82) is 0 Å². The van der Waals surface area contributed by atoms with E-state index >= 15 is 0 Å². The molecule has 1 aliphatic heterocycles. The summed E-state index contributed by atoms with van der Waals surface area (Å²) < 4.78 is 5.26. The van der Waals surface area contributed by atoms with Gasteiger partial charge in [-0.05, 0) is 58.4 Å². The topological polar surface area (TPSA) is 62.4 Å². The van der Waals surface area contributed by atoms with Crippen LogP contribution in [0.2, 0.25) is 0 Å². The third-order valence-electron chi connectivity index (χ3n) is 3.47. The lowest BCUT2D eigenvalue weighted by atomic mass is 10.1. The summed E-state index contributed by atoms with van der Waals surface area (Å²) >= 11 is 0. The van der Waals surface area contributed by atoms with Gasteiger partial charge in [-0.25, -0.2) is 4.79 Å². The Bertz CT molecular complexity index is 491. The minimum absolute atomic E-state index is 0.432. The second-order valence-electron chi connectivity index (χ2n) is 6.74. The lowest BCUT2D eigenvalue weighted by Crippen LogP contribution is -2.39. The number of ether oxygens (including phenoxy) is 1. The summed E-state index contributed by atoms with van der Waals surface area (Å²) in [6.45, 7) is 7.55. The molecule has 3 N–H and O–H groups in total. The minimum atomic E-state index is -0.493. The van der Waals surface area contributed by atoms with E-state index in [2.05, 4.69) is 16.0 Å². The van der Waals surface area contributed by atoms with E-state index in [1.54, 1.807) is 0 Å². The first-order chi connectivity index (χ1) is 10.4. The van der Waals surface area contributed by atoms with Gasteiger partial charge in [0.2, 0.25) is 0 Å². The first kappa shape index (κ1) is 16.6. The third-order valence-corrected chi connectivity index (χ3v) is 3.47. The zero-order valence-corrected chi connectivity index (χ0v) is 13.7. The second kappa shape index (κ2) is 7.49. The highest BCUT2D eigenvalue weighted by atomic mass is 16.6. The first-order valence-corrected chi connectivity index (χ1v) is 8.00. The van der Waals surface area contributed by atoms with Gasteiger partial charge in [0.15, 0.2) is 0 Å². The van der Waals surface area contributed by atoms with E-state index in [0.717, 1.165) is 24.5 Å². The number of carbonyl (C=O) groups excluding carboxylic acids is 1. The Kier molecular flexibility index (Phi) is 5.66. The van der Waals surface area contributed by atoms with Crippen molar-refractivity contribution < 1.29 is 9.53 Å². The van der Waals surface area contributed by atoms with E-state index in [1.807, 2.05) is 45.0 Å². The van der Waals surface area contributed by atoms with Gasteiger partial charge in [-0.1, -0.05) is 12.5 Å². The van der Waals surface area contributed by atoms with E-state index in [4.69, 9.17) is 4.74 Å². The van der Waals surface area contributed by atoms with Gasteiger partial charge in [0, 0.05) is 24.0 Å². The molecule has 0 aliphatic carbocycles. The normalized spacial score (nSPS) is 18.6. The van der Waals surface area contributed by atoms with E-state index < -0.39 is 11.7 Å². The Balaban J connectivity index is 1.85. The van der Waals surface area contributed by atoms with Gasteiger partial charge in [-0.2, -0.15) is 0 Å². The van der Waals surface area contributed by atoms with Crippen molar-refractivity contribution in [3.05, 3.63) is 24.3 Å². The van der Waals surface area contributed by atoms with Crippen LogP contribution in [0.5, 0.6) is 0 Å². The number of nitrogens with one attached hydrogen (secondary N) is 3. The van der Waals surface area contributed by atoms with Crippen LogP contribution >= 0.6 is 0 Å². The fourth-order valence-electron chi connectivity index (χ4n) is 2.47. The number of benzene rings is 1. The fraction of sp³-hybridized carbons (Fsp3) is 0.588. The molecule has 1 saturated heterocycles. The lowest BCUT2D eigenvalue weighted by Gasteiger charge is -2.24. The Morgan fingerprint density at radius 2 is 2.09 bits per heavy atom. The summed E-state index contributed by atoms with van der Waals surface area (Å²) in [7, 11) is 0. The number of hydrogen-bond donors (Lipinski definition) is 3. The first-order valence-electron chi connectivity index (χ1n) is 8.00. The number of carbonyl (C=O) groups is 1. The molecule has 1 atom stereocenters. The van der Waals surface area contributed by atoms with Crippen LogP contribution in [0, 0.1) is 0 Å². The third kappa shape index (κ3) is 5.93. The van der Waals surface area contributed by atoms with Crippen molar-refractivity contribution in [1.82, 2.24) is 5.32 Å². The average Bonchev–Trinajstić information content (AvgIpc) is 2.44. The van der Waals surface area contributed by atoms with Gasteiger partial charge < -0.3 is 15.4 Å². The van der Waals surface area contributed by atoms with Crippen molar-refractivity contribution in [2.75, 3.05) is 23.7 Å². The molecule has 0 bridgehead atoms. The monoisotopic (exact) mass is 305 g/mol. The molecule has 1 aliphatic rings. The van der Waals surface area contributed by atoms with Crippen LogP contribution in [0.3, 0.4) is 0 Å². The van der Waals surface area contributed by atoms with Gasteiger partial charge in [-0.15, -0.1) is 0 Å². The summed E-state index contributed by atoms with van der Waals surface area (Å²) in [5, 5.41) is 9.69. The van der Waals surface area contributed by atoms with Gasteiger partial charge in [0.1, 0.15) is 5.60 Å². The largest absolute Gasteiger partial charge is 0.444 e. The number of hydrogen-bond acceptors (Lipinski definition) is 4. The Hall–Kier alpha value is -1.75. The van der Waals surface area contributed by atoms with Gasteiger partial charge in [-0.3, -0.25) is 5.32 Å². The zero-order valence-electron chi connectivity index (χ0n) is 13.7. The highest BCUT2D eigenvalue weighted by molar-refractivity contribution is 5.85. The molecular weight excluding hydrogens is 278 g/mol. The summed E-state index contributed by atoms with van der Waals surface area (Å²) in [6.07, 6.45) is 3.34. The SMILES string of the molecule is CC(C)(C)OC(=O)Nc1cccc(NCC2CCCCN2)c1. The summed E-state index contributed by atoms with van der Waals surface area (Å²) in [5.74, 6) is 0. The maximum Gasteiger partial charge on any atom is 0.412 e. The molecule has 0 aromatic heterocycles. The van der Waals surface area contributed by atoms with E-state index in [-0.39, 0.29) is 0 Å². The molecule has 5 nitrogen and oxygen atoms in total. The standard InChI is InChI=1S/C17H27N3O2/c1-17(2,3)22-16(21)20-14-9-6-8-13(11-14)19-12-15-7-4-5-10-18-15/h6,8-9,11,15,18-19H,4-5,7,10,12H2,1-3H3,(H,20,21). The van der Waals surface area contributed by atoms with E-state index in [0.29, 0.717) is 6.04 Å². The van der Waals surface area contributed by atoms with Gasteiger partial charge in [0.05, 0.1) is 0 Å². The number of amides is 1. The van der Waals surface area contributed by atoms with Crippen LogP contribution in [0.25, 0.3) is 0 Å². The van der Waals surface area contributed by atoms with Crippen molar-refractivity contribution in [2.45, 2.75) is 51.7 Å². The Labute approximate surface area is 132 Å². The van der Waals surface area contributed by atoms with E-state index in [9.17, 15) is 4.79 Å². The molecule has 1 heterocycles. The predicted molar refractivity (Wildman–Crippen MR) is 90.4 cm³/mol. The molecule has 1 unspecified atom stereocenters.